The Hall–Kier alpha value is -1.35. The maximum atomic E-state index is 12.4. The zero-order valence-corrected chi connectivity index (χ0v) is 13.7. The van der Waals surface area contributed by atoms with E-state index in [-0.39, 0.29) is 17.4 Å². The van der Waals surface area contributed by atoms with Crippen molar-refractivity contribution in [3.63, 3.8) is 0 Å². The molecular weight excluding hydrogens is 260 g/mol. The predicted molar refractivity (Wildman–Crippen MR) is 88.5 cm³/mol. The number of hydrogen-bond donors (Lipinski definition) is 1. The molecule has 3 nitrogen and oxygen atoms in total. The summed E-state index contributed by atoms with van der Waals surface area (Å²) in [6, 6.07) is 8.49. The Kier molecular flexibility index (Phi) is 4.72. The molecule has 21 heavy (non-hydrogen) atoms. The number of amides is 1. The first-order valence-corrected chi connectivity index (χ1v) is 7.91. The van der Waals surface area contributed by atoms with Crippen molar-refractivity contribution in [2.75, 3.05) is 11.9 Å². The van der Waals surface area contributed by atoms with Crippen LogP contribution < -0.4 is 10.6 Å². The Labute approximate surface area is 128 Å². The highest BCUT2D eigenvalue weighted by molar-refractivity contribution is 5.93. The summed E-state index contributed by atoms with van der Waals surface area (Å²) in [5.41, 5.74) is 8.44. The SMILES string of the molecule is CN(C(=O)C[C@@H]1CCC[C@H]1N)c1ccc(C(C)(C)C)cc1. The minimum Gasteiger partial charge on any atom is -0.327 e. The standard InChI is InChI=1S/C18H28N2O/c1-18(2,3)14-8-10-15(11-9-14)20(4)17(21)12-13-6-5-7-16(13)19/h8-11,13,16H,5-7,12,19H2,1-4H3/t13-,16+/m0/s1. The largest absolute Gasteiger partial charge is 0.327 e. The van der Waals surface area contributed by atoms with Crippen LogP contribution in [0.1, 0.15) is 52.0 Å². The summed E-state index contributed by atoms with van der Waals surface area (Å²) in [7, 11) is 1.86. The van der Waals surface area contributed by atoms with Gasteiger partial charge >= 0.3 is 0 Å². The van der Waals surface area contributed by atoms with Crippen molar-refractivity contribution in [1.29, 1.82) is 0 Å². The molecule has 3 heteroatoms. The van der Waals surface area contributed by atoms with Gasteiger partial charge in [-0.1, -0.05) is 39.3 Å². The number of anilines is 1. The van der Waals surface area contributed by atoms with Gasteiger partial charge in [0.1, 0.15) is 0 Å². The molecule has 0 radical (unpaired) electrons. The summed E-state index contributed by atoms with van der Waals surface area (Å²) in [5, 5.41) is 0. The quantitative estimate of drug-likeness (QED) is 0.925. The minimum absolute atomic E-state index is 0.137. The maximum Gasteiger partial charge on any atom is 0.227 e. The van der Waals surface area contributed by atoms with Crippen LogP contribution in [0.2, 0.25) is 0 Å². The molecule has 1 aromatic carbocycles. The molecule has 0 bridgehead atoms. The molecule has 0 aliphatic heterocycles. The van der Waals surface area contributed by atoms with Gasteiger partial charge < -0.3 is 10.6 Å². The summed E-state index contributed by atoms with van der Waals surface area (Å²) >= 11 is 0. The van der Waals surface area contributed by atoms with Crippen LogP contribution in [0.4, 0.5) is 5.69 Å². The first kappa shape index (κ1) is 16.0. The van der Waals surface area contributed by atoms with Gasteiger partial charge in [-0.2, -0.15) is 0 Å². The van der Waals surface area contributed by atoms with Gasteiger partial charge in [0.2, 0.25) is 5.91 Å². The number of benzene rings is 1. The van der Waals surface area contributed by atoms with Crippen LogP contribution in [0, 0.1) is 5.92 Å². The first-order valence-electron chi connectivity index (χ1n) is 7.91. The average Bonchev–Trinajstić information content (AvgIpc) is 2.82. The summed E-state index contributed by atoms with van der Waals surface area (Å²) < 4.78 is 0. The maximum absolute atomic E-state index is 12.4. The van der Waals surface area contributed by atoms with E-state index >= 15 is 0 Å². The number of rotatable bonds is 3. The second-order valence-corrected chi connectivity index (χ2v) is 7.31. The van der Waals surface area contributed by atoms with Crippen molar-refractivity contribution in [2.45, 2.75) is 57.9 Å². The van der Waals surface area contributed by atoms with E-state index in [0.29, 0.717) is 12.3 Å². The molecule has 1 aliphatic rings. The molecule has 1 aromatic rings. The molecule has 0 unspecified atom stereocenters. The van der Waals surface area contributed by atoms with Gasteiger partial charge in [-0.3, -0.25) is 4.79 Å². The van der Waals surface area contributed by atoms with Crippen LogP contribution in [-0.4, -0.2) is 19.0 Å². The van der Waals surface area contributed by atoms with E-state index in [0.717, 1.165) is 24.9 Å². The Morgan fingerprint density at radius 1 is 1.24 bits per heavy atom. The number of nitrogens with two attached hydrogens (primary N) is 1. The summed E-state index contributed by atoms with van der Waals surface area (Å²) in [4.78, 5) is 14.2. The van der Waals surface area contributed by atoms with E-state index in [2.05, 4.69) is 32.9 Å². The van der Waals surface area contributed by atoms with Crippen LogP contribution >= 0.6 is 0 Å². The second kappa shape index (κ2) is 6.18. The van der Waals surface area contributed by atoms with Gasteiger partial charge in [-0.05, 0) is 41.9 Å². The Balaban J connectivity index is 2.02. The lowest BCUT2D eigenvalue weighted by atomic mass is 9.87. The van der Waals surface area contributed by atoms with E-state index in [1.807, 2.05) is 19.2 Å². The number of carbonyl (C=O) groups excluding carboxylic acids is 1. The Morgan fingerprint density at radius 2 is 1.86 bits per heavy atom. The highest BCUT2D eigenvalue weighted by Gasteiger charge is 2.27. The van der Waals surface area contributed by atoms with E-state index in [4.69, 9.17) is 5.73 Å². The zero-order chi connectivity index (χ0) is 15.6. The molecule has 0 spiro atoms. The molecule has 0 heterocycles. The predicted octanol–water partition coefficient (Wildman–Crippen LogP) is 3.46. The first-order chi connectivity index (χ1) is 9.79. The zero-order valence-electron chi connectivity index (χ0n) is 13.7. The van der Waals surface area contributed by atoms with Gasteiger partial charge in [-0.25, -0.2) is 0 Å². The molecule has 116 valence electrons. The van der Waals surface area contributed by atoms with Crippen LogP contribution in [0.3, 0.4) is 0 Å². The number of nitrogens with zero attached hydrogens (tertiary/aromatic N) is 1. The molecule has 0 saturated heterocycles. The van der Waals surface area contributed by atoms with E-state index in [1.54, 1.807) is 4.90 Å². The third-order valence-corrected chi connectivity index (χ3v) is 4.65. The number of hydrogen-bond acceptors (Lipinski definition) is 2. The molecule has 2 N–H and O–H groups in total. The lowest BCUT2D eigenvalue weighted by Gasteiger charge is -2.23. The molecule has 1 fully saturated rings. The van der Waals surface area contributed by atoms with E-state index in [9.17, 15) is 4.79 Å². The molecule has 2 atom stereocenters. The van der Waals surface area contributed by atoms with Crippen molar-refractivity contribution >= 4 is 11.6 Å². The van der Waals surface area contributed by atoms with E-state index < -0.39 is 0 Å². The molecule has 1 saturated carbocycles. The highest BCUT2D eigenvalue weighted by atomic mass is 16.2. The average molecular weight is 288 g/mol. The lowest BCUT2D eigenvalue weighted by molar-refractivity contribution is -0.119. The summed E-state index contributed by atoms with van der Waals surface area (Å²) in [5.74, 6) is 0.523. The van der Waals surface area contributed by atoms with Crippen molar-refractivity contribution in [3.8, 4) is 0 Å². The molecule has 1 amide bonds. The fourth-order valence-corrected chi connectivity index (χ4v) is 3.01. The lowest BCUT2D eigenvalue weighted by Crippen LogP contribution is -2.33. The van der Waals surface area contributed by atoms with Gasteiger partial charge in [-0.15, -0.1) is 0 Å². The van der Waals surface area contributed by atoms with Crippen LogP contribution in [0.25, 0.3) is 0 Å². The fourth-order valence-electron chi connectivity index (χ4n) is 3.01. The molecule has 2 rings (SSSR count). The summed E-state index contributed by atoms with van der Waals surface area (Å²) in [6.07, 6.45) is 3.87. The molecular formula is C18H28N2O. The van der Waals surface area contributed by atoms with Crippen LogP contribution in [0.5, 0.6) is 0 Å². The van der Waals surface area contributed by atoms with Crippen molar-refractivity contribution in [2.24, 2.45) is 11.7 Å². The van der Waals surface area contributed by atoms with Crippen molar-refractivity contribution in [3.05, 3.63) is 29.8 Å². The Morgan fingerprint density at radius 3 is 2.33 bits per heavy atom. The van der Waals surface area contributed by atoms with Crippen LogP contribution in [0.15, 0.2) is 24.3 Å². The smallest absolute Gasteiger partial charge is 0.227 e. The van der Waals surface area contributed by atoms with Gasteiger partial charge in [0.15, 0.2) is 0 Å². The van der Waals surface area contributed by atoms with Gasteiger partial charge in [0, 0.05) is 25.2 Å². The topological polar surface area (TPSA) is 46.3 Å². The van der Waals surface area contributed by atoms with E-state index in [1.165, 1.54) is 5.56 Å². The fraction of sp³-hybridized carbons (Fsp3) is 0.611. The van der Waals surface area contributed by atoms with Crippen LogP contribution in [-0.2, 0) is 10.2 Å². The number of carbonyl (C=O) groups is 1. The highest BCUT2D eigenvalue weighted by Crippen LogP contribution is 2.29. The van der Waals surface area contributed by atoms with Crippen molar-refractivity contribution in [1.82, 2.24) is 0 Å². The van der Waals surface area contributed by atoms with Gasteiger partial charge in [0.25, 0.3) is 0 Å². The summed E-state index contributed by atoms with van der Waals surface area (Å²) in [6.45, 7) is 6.58. The third-order valence-electron chi connectivity index (χ3n) is 4.65. The monoisotopic (exact) mass is 288 g/mol. The Bertz CT molecular complexity index is 487. The second-order valence-electron chi connectivity index (χ2n) is 7.31. The molecule has 1 aliphatic carbocycles. The normalized spacial score (nSPS) is 22.3. The van der Waals surface area contributed by atoms with Gasteiger partial charge in [0.05, 0.1) is 0 Å². The minimum atomic E-state index is 0.137. The van der Waals surface area contributed by atoms with Crippen molar-refractivity contribution < 1.29 is 4.79 Å². The third kappa shape index (κ3) is 3.85. The molecule has 0 aromatic heterocycles.